The highest BCUT2D eigenvalue weighted by Crippen LogP contribution is 2.59. The van der Waals surface area contributed by atoms with Crippen LogP contribution in [0.2, 0.25) is 0 Å². The number of ether oxygens (including phenoxy) is 3. The van der Waals surface area contributed by atoms with Gasteiger partial charge in [-0.3, -0.25) is 9.59 Å². The molecule has 0 aliphatic carbocycles. The van der Waals surface area contributed by atoms with Crippen molar-refractivity contribution in [2.75, 3.05) is 32.7 Å². The van der Waals surface area contributed by atoms with Crippen LogP contribution in [0.4, 0.5) is 0 Å². The van der Waals surface area contributed by atoms with E-state index in [-0.39, 0.29) is 25.8 Å². The van der Waals surface area contributed by atoms with Crippen molar-refractivity contribution in [1.29, 1.82) is 0 Å². The molecule has 1 rings (SSSR count). The molecule has 0 aliphatic heterocycles. The smallest absolute Gasteiger partial charge is 0.317 e. The Balaban J connectivity index is 0.00000862. The first-order valence-electron chi connectivity index (χ1n) is 16.3. The summed E-state index contributed by atoms with van der Waals surface area (Å²) in [5.41, 5.74) is 0.776. The van der Waals surface area contributed by atoms with Crippen molar-refractivity contribution in [2.45, 2.75) is 135 Å². The van der Waals surface area contributed by atoms with Crippen LogP contribution in [0.3, 0.4) is 0 Å². The molecule has 0 N–H and O–H groups in total. The topological polar surface area (TPSA) is 61.8 Å². The van der Waals surface area contributed by atoms with Gasteiger partial charge in [-0.05, 0) is 75.8 Å². The van der Waals surface area contributed by atoms with E-state index in [4.69, 9.17) is 14.2 Å². The number of benzene rings is 1. The summed E-state index contributed by atoms with van der Waals surface area (Å²) in [6.45, 7) is 34.3. The second kappa shape index (κ2) is 16.7. The summed E-state index contributed by atoms with van der Waals surface area (Å²) in [5, 5.41) is 0. The van der Waals surface area contributed by atoms with E-state index in [9.17, 15) is 9.59 Å². The monoisotopic (exact) mass is 623 g/mol. The lowest BCUT2D eigenvalue weighted by Crippen LogP contribution is -2.43. The van der Waals surface area contributed by atoms with Gasteiger partial charge in [0.1, 0.15) is 18.6 Å². The Kier molecular flexibility index (Phi) is 16.2. The van der Waals surface area contributed by atoms with E-state index < -0.39 is 29.7 Å². The number of hydrogen-bond donors (Lipinski definition) is 0. The molecule has 0 aliphatic rings. The van der Waals surface area contributed by atoms with E-state index in [2.05, 4.69) is 72.2 Å². The lowest BCUT2D eigenvalue weighted by molar-refractivity contribution is -0.176. The largest absolute Gasteiger partial charge is 0.464 e. The molecule has 0 saturated carbocycles. The van der Waals surface area contributed by atoms with Gasteiger partial charge in [0, 0.05) is 20.6 Å². The molecular weight excluding hydrogens is 555 g/mol. The molecule has 1 atom stereocenters. The standard InChI is InChI=1S/C35H62O5P.C2H6/c1-15-33(8,9)29(36)39-24-35(12,25-40-34(10,11)16-2)30(37)38-21-27-17-19-28(20-18-27)22-41(13,14)26-32(6,7)23-31(3,4)5;1-2/h17-20H,15-16,21-26H2,1-14H3;1-2H3/q+1;. The van der Waals surface area contributed by atoms with Crippen LogP contribution < -0.4 is 0 Å². The molecule has 43 heavy (non-hydrogen) atoms. The molecule has 250 valence electrons. The maximum Gasteiger partial charge on any atom is 0.317 e. The first-order chi connectivity index (χ1) is 19.4. The second-order valence-corrected chi connectivity index (χ2v) is 20.8. The van der Waals surface area contributed by atoms with E-state index >= 15 is 0 Å². The van der Waals surface area contributed by atoms with Gasteiger partial charge < -0.3 is 14.2 Å². The molecule has 0 heterocycles. The Bertz CT molecular complexity index is 985. The van der Waals surface area contributed by atoms with Gasteiger partial charge in [0.05, 0.1) is 29.9 Å². The third kappa shape index (κ3) is 15.9. The summed E-state index contributed by atoms with van der Waals surface area (Å²) in [6.07, 6.45) is 5.01. The molecular formula is C37H68O5P+. The van der Waals surface area contributed by atoms with E-state index in [1.54, 1.807) is 6.92 Å². The number of rotatable bonds is 16. The van der Waals surface area contributed by atoms with Crippen molar-refractivity contribution in [1.82, 2.24) is 0 Å². The Hall–Kier alpha value is -1.45. The van der Waals surface area contributed by atoms with Gasteiger partial charge >= 0.3 is 11.9 Å². The fourth-order valence-corrected chi connectivity index (χ4v) is 9.19. The van der Waals surface area contributed by atoms with Crippen LogP contribution in [0.1, 0.15) is 127 Å². The van der Waals surface area contributed by atoms with Crippen LogP contribution in [-0.4, -0.2) is 50.2 Å². The number of hydrogen-bond acceptors (Lipinski definition) is 5. The summed E-state index contributed by atoms with van der Waals surface area (Å²) < 4.78 is 17.5. The molecule has 5 nitrogen and oxygen atoms in total. The quantitative estimate of drug-likeness (QED) is 0.135. The maximum absolute atomic E-state index is 13.4. The van der Waals surface area contributed by atoms with Crippen molar-refractivity contribution in [3.63, 3.8) is 0 Å². The van der Waals surface area contributed by atoms with Gasteiger partial charge in [-0.25, -0.2) is 0 Å². The lowest BCUT2D eigenvalue weighted by Gasteiger charge is -2.35. The average molecular weight is 624 g/mol. The van der Waals surface area contributed by atoms with Gasteiger partial charge in [0.15, 0.2) is 0 Å². The zero-order chi connectivity index (χ0) is 33.9. The molecule has 0 saturated heterocycles. The normalized spacial score (nSPS) is 14.3. The number of carbonyl (C=O) groups is 2. The molecule has 1 unspecified atom stereocenters. The lowest BCUT2D eigenvalue weighted by atomic mass is 9.77. The van der Waals surface area contributed by atoms with Crippen LogP contribution in [0, 0.1) is 21.7 Å². The summed E-state index contributed by atoms with van der Waals surface area (Å²) in [4.78, 5) is 26.0. The minimum atomic E-state index is -1.14. The highest BCUT2D eigenvalue weighted by atomic mass is 31.2. The van der Waals surface area contributed by atoms with Crippen molar-refractivity contribution < 1.29 is 23.8 Å². The first kappa shape index (κ1) is 41.5. The molecule has 1 aromatic rings. The van der Waals surface area contributed by atoms with Gasteiger partial charge in [-0.2, -0.15) is 0 Å². The van der Waals surface area contributed by atoms with Crippen LogP contribution in [0.5, 0.6) is 0 Å². The molecule has 0 aromatic heterocycles. The Labute approximate surface area is 266 Å². The molecule has 6 heteroatoms. The third-order valence-corrected chi connectivity index (χ3v) is 10.9. The maximum atomic E-state index is 13.4. The van der Waals surface area contributed by atoms with E-state index in [1.165, 1.54) is 18.1 Å². The summed E-state index contributed by atoms with van der Waals surface area (Å²) in [5.74, 6) is -0.749. The molecule has 0 spiro atoms. The van der Waals surface area contributed by atoms with Crippen LogP contribution in [0.15, 0.2) is 24.3 Å². The van der Waals surface area contributed by atoms with Crippen LogP contribution in [-0.2, 0) is 36.6 Å². The summed E-state index contributed by atoms with van der Waals surface area (Å²) in [7, 11) is -1.14. The van der Waals surface area contributed by atoms with Gasteiger partial charge in [-0.1, -0.05) is 86.6 Å². The average Bonchev–Trinajstić information content (AvgIpc) is 2.88. The van der Waals surface area contributed by atoms with Crippen LogP contribution >= 0.6 is 7.26 Å². The number of esters is 2. The Morgan fingerprint density at radius 3 is 1.70 bits per heavy atom. The van der Waals surface area contributed by atoms with E-state index in [0.29, 0.717) is 17.3 Å². The Morgan fingerprint density at radius 2 is 1.23 bits per heavy atom. The zero-order valence-corrected chi connectivity index (χ0v) is 31.8. The SMILES string of the molecule is CC.CCC(C)(C)OCC(C)(COC(=O)C(C)(C)CC)C(=O)OCc1ccc(C[P+](C)(C)CC(C)(C)CC(C)(C)C)cc1. The molecule has 0 bridgehead atoms. The molecule has 1 aromatic carbocycles. The van der Waals surface area contributed by atoms with Gasteiger partial charge in [-0.15, -0.1) is 0 Å². The second-order valence-electron chi connectivity index (χ2n) is 16.3. The third-order valence-electron chi connectivity index (χ3n) is 7.95. The van der Waals surface area contributed by atoms with Crippen molar-refractivity contribution in [3.05, 3.63) is 35.4 Å². The molecule has 0 radical (unpaired) electrons. The molecule has 0 fully saturated rings. The summed E-state index contributed by atoms with van der Waals surface area (Å²) in [6, 6.07) is 8.45. The minimum absolute atomic E-state index is 0.0861. The van der Waals surface area contributed by atoms with Crippen LogP contribution in [0.25, 0.3) is 0 Å². The zero-order valence-electron chi connectivity index (χ0n) is 31.0. The molecule has 0 amide bonds. The predicted molar refractivity (Wildman–Crippen MR) is 186 cm³/mol. The predicted octanol–water partition coefficient (Wildman–Crippen LogP) is 10.2. The summed E-state index contributed by atoms with van der Waals surface area (Å²) >= 11 is 0. The van der Waals surface area contributed by atoms with Gasteiger partial charge in [0.2, 0.25) is 0 Å². The first-order valence-corrected chi connectivity index (χ1v) is 19.4. The van der Waals surface area contributed by atoms with Crippen molar-refractivity contribution >= 4 is 19.2 Å². The van der Waals surface area contributed by atoms with Crippen molar-refractivity contribution in [2.24, 2.45) is 21.7 Å². The number of carbonyl (C=O) groups excluding carboxylic acids is 2. The van der Waals surface area contributed by atoms with Crippen molar-refractivity contribution in [3.8, 4) is 0 Å². The van der Waals surface area contributed by atoms with Gasteiger partial charge in [0.25, 0.3) is 0 Å². The Morgan fingerprint density at radius 1 is 0.721 bits per heavy atom. The fraction of sp³-hybridized carbons (Fsp3) is 0.784. The minimum Gasteiger partial charge on any atom is -0.464 e. The highest BCUT2D eigenvalue weighted by molar-refractivity contribution is 7.73. The highest BCUT2D eigenvalue weighted by Gasteiger charge is 2.41. The van der Waals surface area contributed by atoms with E-state index in [1.807, 2.05) is 55.4 Å². The van der Waals surface area contributed by atoms with E-state index in [0.717, 1.165) is 18.1 Å². The fourth-order valence-electron chi connectivity index (χ4n) is 5.45.